The molecule has 0 saturated heterocycles. The summed E-state index contributed by atoms with van der Waals surface area (Å²) in [7, 11) is 0. The lowest BCUT2D eigenvalue weighted by Gasteiger charge is -2.46. The average molecular weight is 775 g/mol. The second-order valence-corrected chi connectivity index (χ2v) is 16.1. The topological polar surface area (TPSA) is 89.9 Å². The van der Waals surface area contributed by atoms with E-state index in [-0.39, 0.29) is 42.6 Å². The molecule has 0 spiro atoms. The first kappa shape index (κ1) is 40.0. The number of ketones is 1. The number of hydrogen-bond donors (Lipinski definition) is 3. The van der Waals surface area contributed by atoms with Crippen LogP contribution in [0.4, 0.5) is 23.7 Å². The summed E-state index contributed by atoms with van der Waals surface area (Å²) in [4.78, 5) is 30.5. The molecule has 5 aromatic carbocycles. The van der Waals surface area contributed by atoms with Crippen molar-refractivity contribution in [2.75, 3.05) is 11.9 Å². The zero-order valence-corrected chi connectivity index (χ0v) is 32.4. The molecule has 2 bridgehead atoms. The van der Waals surface area contributed by atoms with Crippen molar-refractivity contribution < 1.29 is 33.0 Å². The summed E-state index contributed by atoms with van der Waals surface area (Å²) in [6.07, 6.45) is 0.200. The molecule has 4 unspecified atom stereocenters. The third-order valence-corrected chi connectivity index (χ3v) is 12.4. The number of nitrogens with zero attached hydrogens (tertiary/aromatic N) is 1. The van der Waals surface area contributed by atoms with Crippen molar-refractivity contribution in [3.63, 3.8) is 0 Å². The molecule has 296 valence electrons. The molecular weight excluding hydrogens is 726 g/mol. The van der Waals surface area contributed by atoms with Crippen LogP contribution in [0, 0.1) is 5.41 Å². The highest BCUT2D eigenvalue weighted by Crippen LogP contribution is 2.59. The smallest absolute Gasteiger partial charge is 0.393 e. The van der Waals surface area contributed by atoms with Gasteiger partial charge in [0, 0.05) is 28.8 Å². The van der Waals surface area contributed by atoms with Gasteiger partial charge in [-0.3, -0.25) is 4.79 Å². The zero-order valence-electron chi connectivity index (χ0n) is 32.4. The van der Waals surface area contributed by atoms with E-state index >= 15 is 0 Å². The number of aliphatic hydroxyl groups excluding tert-OH is 1. The molecule has 0 aromatic heterocycles. The normalized spacial score (nSPS) is 22.7. The second-order valence-electron chi connectivity index (χ2n) is 16.1. The van der Waals surface area contributed by atoms with Crippen LogP contribution in [0.3, 0.4) is 0 Å². The van der Waals surface area contributed by atoms with Crippen molar-refractivity contribution in [2.24, 2.45) is 5.41 Å². The first-order valence-electron chi connectivity index (χ1n) is 19.7. The van der Waals surface area contributed by atoms with Gasteiger partial charge in [-0.15, -0.1) is 0 Å². The summed E-state index contributed by atoms with van der Waals surface area (Å²) in [5, 5.41) is 29.2. The largest absolute Gasteiger partial charge is 0.416 e. The third-order valence-electron chi connectivity index (χ3n) is 12.4. The molecular formula is C48H49F3N2O4. The van der Waals surface area contributed by atoms with E-state index in [1.807, 2.05) is 98.8 Å². The minimum atomic E-state index is -4.63. The Balaban J connectivity index is 1.32. The van der Waals surface area contributed by atoms with Crippen molar-refractivity contribution in [1.29, 1.82) is 0 Å². The minimum Gasteiger partial charge on any atom is -0.393 e. The highest BCUT2D eigenvalue weighted by molar-refractivity contribution is 6.10. The molecule has 9 heteroatoms. The fourth-order valence-electron chi connectivity index (χ4n) is 9.06. The van der Waals surface area contributed by atoms with Crippen LogP contribution in [0.25, 0.3) is 10.8 Å². The molecule has 3 aliphatic carbocycles. The van der Waals surface area contributed by atoms with E-state index < -0.39 is 34.6 Å². The van der Waals surface area contributed by atoms with Gasteiger partial charge in [0.25, 0.3) is 0 Å². The summed E-state index contributed by atoms with van der Waals surface area (Å²) in [6.45, 7) is 4.28. The Kier molecular flexibility index (Phi) is 11.4. The quantitative estimate of drug-likeness (QED) is 0.113. The first-order chi connectivity index (χ1) is 27.2. The number of benzene rings is 5. The van der Waals surface area contributed by atoms with Gasteiger partial charge in [0.1, 0.15) is 0 Å². The van der Waals surface area contributed by atoms with Gasteiger partial charge in [-0.2, -0.15) is 13.2 Å². The number of aliphatic hydroxyl groups is 2. The Morgan fingerprint density at radius 1 is 0.877 bits per heavy atom. The van der Waals surface area contributed by atoms with Crippen molar-refractivity contribution in [1.82, 2.24) is 4.90 Å². The van der Waals surface area contributed by atoms with Crippen LogP contribution in [0.2, 0.25) is 0 Å². The Bertz CT molecular complexity index is 2280. The molecule has 4 atom stereocenters. The van der Waals surface area contributed by atoms with E-state index in [4.69, 9.17) is 0 Å². The number of anilines is 1. The number of alkyl halides is 3. The molecule has 1 fully saturated rings. The van der Waals surface area contributed by atoms with Crippen LogP contribution in [-0.2, 0) is 19.1 Å². The van der Waals surface area contributed by atoms with Crippen molar-refractivity contribution >= 4 is 28.3 Å². The van der Waals surface area contributed by atoms with Crippen LogP contribution in [0.15, 0.2) is 127 Å². The molecule has 6 nitrogen and oxygen atoms in total. The fraction of sp³-hybridized carbons (Fsp3) is 0.333. The van der Waals surface area contributed by atoms with Crippen LogP contribution >= 0.6 is 0 Å². The Labute approximate surface area is 332 Å². The van der Waals surface area contributed by atoms with Crippen LogP contribution in [-0.4, -0.2) is 45.2 Å². The SMILES string of the molecule is CC1=CCCC2(C)C(CCC2(O)CN(Cc2cccc3ccccc23)C(=O)Nc2ccccc2)c2ccc(cc2C(=O)c2cccc(C(F)(F)F)c2)CC(O)CC1. The lowest BCUT2D eigenvalue weighted by Crippen LogP contribution is -2.54. The summed E-state index contributed by atoms with van der Waals surface area (Å²) < 4.78 is 41.5. The summed E-state index contributed by atoms with van der Waals surface area (Å²) in [5.41, 5.74) is 0.964. The molecule has 0 heterocycles. The van der Waals surface area contributed by atoms with Gasteiger partial charge >= 0.3 is 12.2 Å². The first-order valence-corrected chi connectivity index (χ1v) is 19.7. The fourth-order valence-corrected chi connectivity index (χ4v) is 9.06. The van der Waals surface area contributed by atoms with Gasteiger partial charge in [0.15, 0.2) is 5.78 Å². The van der Waals surface area contributed by atoms with Crippen LogP contribution < -0.4 is 5.32 Å². The van der Waals surface area contributed by atoms with Gasteiger partial charge in [0.2, 0.25) is 0 Å². The summed E-state index contributed by atoms with van der Waals surface area (Å²) in [6, 6.07) is 32.7. The van der Waals surface area contributed by atoms with E-state index in [1.54, 1.807) is 11.0 Å². The highest BCUT2D eigenvalue weighted by Gasteiger charge is 2.57. The Morgan fingerprint density at radius 3 is 2.40 bits per heavy atom. The average Bonchev–Trinajstić information content (AvgIpc) is 3.45. The molecule has 0 aliphatic heterocycles. The lowest BCUT2D eigenvalue weighted by atomic mass is 9.64. The number of urea groups is 1. The number of carbonyl (C=O) groups is 2. The van der Waals surface area contributed by atoms with E-state index in [2.05, 4.69) is 11.4 Å². The lowest BCUT2D eigenvalue weighted by molar-refractivity contribution is -0.137. The highest BCUT2D eigenvalue weighted by atomic mass is 19.4. The number of allylic oxidation sites excluding steroid dienone is 2. The Morgan fingerprint density at radius 2 is 1.61 bits per heavy atom. The standard InChI is InChI=1S/C48H49F3N2O4/c1-32-11-10-25-46(2)43(41-23-21-33(27-39(54)22-20-32)28-42(41)44(55)35-14-9-16-37(29-35)48(49,50)51)24-26-47(46,57)31-53(45(56)52-38-17-4-3-5-18-38)30-36-15-8-13-34-12-6-7-19-40(34)36/h3-9,11-19,21,23,28-29,39,43,54,57H,10,20,22,24-27,30-31H2,1-2H3,(H,52,56). The van der Waals surface area contributed by atoms with Gasteiger partial charge in [0.05, 0.1) is 23.8 Å². The van der Waals surface area contributed by atoms with Gasteiger partial charge in [-0.1, -0.05) is 104 Å². The number of amides is 2. The number of carbonyl (C=O) groups excluding carboxylic acids is 2. The van der Waals surface area contributed by atoms with E-state index in [0.29, 0.717) is 55.3 Å². The molecule has 3 N–H and O–H groups in total. The van der Waals surface area contributed by atoms with Crippen molar-refractivity contribution in [3.8, 4) is 0 Å². The molecule has 57 heavy (non-hydrogen) atoms. The van der Waals surface area contributed by atoms with E-state index in [1.165, 1.54) is 12.1 Å². The third kappa shape index (κ3) is 8.55. The monoisotopic (exact) mass is 774 g/mol. The number of rotatable bonds is 7. The molecule has 5 aromatic rings. The predicted molar refractivity (Wildman–Crippen MR) is 218 cm³/mol. The Hall–Kier alpha value is -5.25. The molecule has 8 rings (SSSR count). The van der Waals surface area contributed by atoms with Crippen molar-refractivity contribution in [2.45, 2.75) is 89.1 Å². The second kappa shape index (κ2) is 16.3. The molecule has 0 radical (unpaired) electrons. The molecule has 3 aliphatic rings. The minimum absolute atomic E-state index is 0.00817. The van der Waals surface area contributed by atoms with Crippen LogP contribution in [0.1, 0.15) is 96.5 Å². The number of halogens is 3. The molecule has 1 saturated carbocycles. The van der Waals surface area contributed by atoms with E-state index in [0.717, 1.165) is 34.0 Å². The van der Waals surface area contributed by atoms with Crippen LogP contribution in [0.5, 0.6) is 0 Å². The summed E-state index contributed by atoms with van der Waals surface area (Å²) >= 11 is 0. The van der Waals surface area contributed by atoms with Crippen molar-refractivity contribution in [3.05, 3.63) is 160 Å². The number of fused-ring (bicyclic) bond motifs is 9. The number of para-hydroxylation sites is 1. The maximum Gasteiger partial charge on any atom is 0.416 e. The maximum absolute atomic E-state index is 14.4. The number of nitrogens with one attached hydrogen (secondary N) is 1. The maximum atomic E-state index is 14.4. The van der Waals surface area contributed by atoms with Gasteiger partial charge < -0.3 is 20.4 Å². The number of hydrogen-bond acceptors (Lipinski definition) is 4. The summed E-state index contributed by atoms with van der Waals surface area (Å²) in [5.74, 6) is -0.938. The van der Waals surface area contributed by atoms with Gasteiger partial charge in [-0.05, 0) is 116 Å². The zero-order chi connectivity index (χ0) is 40.4. The van der Waals surface area contributed by atoms with E-state index in [9.17, 15) is 33.0 Å². The molecule has 2 amide bonds. The predicted octanol–water partition coefficient (Wildman–Crippen LogP) is 10.9. The van der Waals surface area contributed by atoms with Gasteiger partial charge in [-0.25, -0.2) is 4.79 Å².